The van der Waals surface area contributed by atoms with Crippen LogP contribution >= 0.6 is 0 Å². The van der Waals surface area contributed by atoms with Crippen molar-refractivity contribution in [3.8, 4) is 11.5 Å². The molecule has 0 spiro atoms. The van der Waals surface area contributed by atoms with Gasteiger partial charge in [0.2, 0.25) is 0 Å². The normalized spacial score (nSPS) is 12.5. The fraction of sp³-hybridized carbons (Fsp3) is 0.300. The van der Waals surface area contributed by atoms with Crippen LogP contribution in [0.2, 0.25) is 0 Å². The summed E-state index contributed by atoms with van der Waals surface area (Å²) in [5.41, 5.74) is 2.32. The third-order valence-electron chi connectivity index (χ3n) is 4.21. The van der Waals surface area contributed by atoms with E-state index in [2.05, 4.69) is 0 Å². The molecule has 1 aliphatic rings. The first kappa shape index (κ1) is 17.8. The van der Waals surface area contributed by atoms with Crippen LogP contribution in [0.3, 0.4) is 0 Å². The maximum absolute atomic E-state index is 12.4. The first-order chi connectivity index (χ1) is 12.6. The van der Waals surface area contributed by atoms with Crippen molar-refractivity contribution in [3.05, 3.63) is 53.6 Å². The molecule has 0 aromatic heterocycles. The van der Waals surface area contributed by atoms with E-state index >= 15 is 0 Å². The molecule has 2 aromatic carbocycles. The fourth-order valence-corrected chi connectivity index (χ4v) is 2.96. The lowest BCUT2D eigenvalue weighted by Crippen LogP contribution is -2.33. The molecule has 6 nitrogen and oxygen atoms in total. The molecule has 0 saturated heterocycles. The van der Waals surface area contributed by atoms with Gasteiger partial charge in [-0.1, -0.05) is 18.2 Å². The highest BCUT2D eigenvalue weighted by Gasteiger charge is 2.25. The smallest absolute Gasteiger partial charge is 0.338 e. The van der Waals surface area contributed by atoms with Crippen LogP contribution in [-0.4, -0.2) is 38.7 Å². The van der Waals surface area contributed by atoms with Gasteiger partial charge in [0, 0.05) is 12.2 Å². The molecular weight excluding hydrogens is 334 g/mol. The second-order valence-corrected chi connectivity index (χ2v) is 5.80. The van der Waals surface area contributed by atoms with Crippen LogP contribution in [0.4, 0.5) is 5.69 Å². The molecule has 136 valence electrons. The molecule has 0 aliphatic carbocycles. The van der Waals surface area contributed by atoms with Gasteiger partial charge in [-0.25, -0.2) is 4.79 Å². The minimum absolute atomic E-state index is 0.234. The van der Waals surface area contributed by atoms with Gasteiger partial charge in [-0.2, -0.15) is 0 Å². The minimum Gasteiger partial charge on any atom is -0.493 e. The molecule has 26 heavy (non-hydrogen) atoms. The topological polar surface area (TPSA) is 65.1 Å². The van der Waals surface area contributed by atoms with E-state index in [0.717, 1.165) is 17.7 Å². The Morgan fingerprint density at radius 1 is 1.12 bits per heavy atom. The Morgan fingerprint density at radius 2 is 1.92 bits per heavy atom. The number of fused-ring (bicyclic) bond motifs is 1. The molecule has 0 N–H and O–H groups in total. The van der Waals surface area contributed by atoms with Gasteiger partial charge < -0.3 is 19.1 Å². The summed E-state index contributed by atoms with van der Waals surface area (Å²) in [5, 5.41) is 0. The van der Waals surface area contributed by atoms with Crippen LogP contribution in [-0.2, 0) is 16.0 Å². The zero-order valence-electron chi connectivity index (χ0n) is 14.9. The molecule has 1 amide bonds. The summed E-state index contributed by atoms with van der Waals surface area (Å²) in [5.74, 6) is 0.189. The molecule has 0 fully saturated rings. The van der Waals surface area contributed by atoms with Gasteiger partial charge in [0.25, 0.3) is 5.91 Å². The quantitative estimate of drug-likeness (QED) is 0.746. The third-order valence-corrected chi connectivity index (χ3v) is 4.21. The highest BCUT2D eigenvalue weighted by molar-refractivity contribution is 5.98. The number of para-hydroxylation sites is 1. The van der Waals surface area contributed by atoms with E-state index in [1.54, 1.807) is 23.1 Å². The summed E-state index contributed by atoms with van der Waals surface area (Å²) in [6, 6.07) is 12.5. The fourth-order valence-electron chi connectivity index (χ4n) is 2.96. The molecule has 0 atom stereocenters. The van der Waals surface area contributed by atoms with Crippen LogP contribution in [0.1, 0.15) is 22.8 Å². The molecule has 2 aromatic rings. The van der Waals surface area contributed by atoms with Crippen molar-refractivity contribution in [1.82, 2.24) is 0 Å². The van der Waals surface area contributed by atoms with Crippen molar-refractivity contribution >= 4 is 17.6 Å². The predicted octanol–water partition coefficient (Wildman–Crippen LogP) is 2.84. The lowest BCUT2D eigenvalue weighted by Gasteiger charge is -2.17. The Hall–Kier alpha value is -3.02. The predicted molar refractivity (Wildman–Crippen MR) is 96.9 cm³/mol. The zero-order chi connectivity index (χ0) is 18.5. The molecule has 6 heteroatoms. The first-order valence-corrected chi connectivity index (χ1v) is 8.50. The van der Waals surface area contributed by atoms with E-state index in [0.29, 0.717) is 30.2 Å². The number of hydrogen-bond acceptors (Lipinski definition) is 5. The molecule has 0 unspecified atom stereocenters. The lowest BCUT2D eigenvalue weighted by atomic mass is 10.2. The van der Waals surface area contributed by atoms with Crippen LogP contribution in [0.5, 0.6) is 11.5 Å². The van der Waals surface area contributed by atoms with Gasteiger partial charge in [0.05, 0.1) is 19.3 Å². The van der Waals surface area contributed by atoms with E-state index in [1.807, 2.05) is 31.2 Å². The van der Waals surface area contributed by atoms with Crippen LogP contribution in [0.15, 0.2) is 42.5 Å². The number of benzene rings is 2. The maximum Gasteiger partial charge on any atom is 0.338 e. The first-order valence-electron chi connectivity index (χ1n) is 8.50. The number of carbonyl (C=O) groups excluding carboxylic acids is 2. The summed E-state index contributed by atoms with van der Waals surface area (Å²) in [4.78, 5) is 26.3. The molecular formula is C20H21NO5. The number of nitrogens with zero attached hydrogens (tertiary/aromatic N) is 1. The molecule has 3 rings (SSSR count). The van der Waals surface area contributed by atoms with Gasteiger partial charge in [-0.15, -0.1) is 0 Å². The Labute approximate surface area is 152 Å². The number of rotatable bonds is 6. The Bertz CT molecular complexity index is 818. The number of hydrogen-bond donors (Lipinski definition) is 0. The average Bonchev–Trinajstić information content (AvgIpc) is 3.10. The summed E-state index contributed by atoms with van der Waals surface area (Å²) in [6.45, 7) is 2.59. The Kier molecular flexibility index (Phi) is 5.41. The highest BCUT2D eigenvalue weighted by atomic mass is 16.5. The standard InChI is InChI=1S/C20H21NO5/c1-3-25-18-12-15(8-9-17(18)24-2)20(23)26-13-19(22)21-11-10-14-6-4-5-7-16(14)21/h4-9,12H,3,10-11,13H2,1-2H3. The van der Waals surface area contributed by atoms with E-state index in [1.165, 1.54) is 7.11 Å². The van der Waals surface area contributed by atoms with Gasteiger partial charge in [0.15, 0.2) is 18.1 Å². The van der Waals surface area contributed by atoms with Gasteiger partial charge in [-0.3, -0.25) is 4.79 Å². The van der Waals surface area contributed by atoms with Crippen molar-refractivity contribution in [2.24, 2.45) is 0 Å². The molecule has 0 radical (unpaired) electrons. The maximum atomic E-state index is 12.4. The summed E-state index contributed by atoms with van der Waals surface area (Å²) >= 11 is 0. The van der Waals surface area contributed by atoms with Crippen LogP contribution in [0.25, 0.3) is 0 Å². The molecule has 0 bridgehead atoms. The number of anilines is 1. The van der Waals surface area contributed by atoms with E-state index in [4.69, 9.17) is 14.2 Å². The second-order valence-electron chi connectivity index (χ2n) is 5.80. The van der Waals surface area contributed by atoms with Crippen molar-refractivity contribution in [1.29, 1.82) is 0 Å². The number of esters is 1. The van der Waals surface area contributed by atoms with E-state index in [9.17, 15) is 9.59 Å². The largest absolute Gasteiger partial charge is 0.493 e. The van der Waals surface area contributed by atoms with Crippen molar-refractivity contribution in [2.45, 2.75) is 13.3 Å². The lowest BCUT2D eigenvalue weighted by molar-refractivity contribution is -0.121. The zero-order valence-corrected chi connectivity index (χ0v) is 14.9. The Balaban J connectivity index is 1.64. The highest BCUT2D eigenvalue weighted by Crippen LogP contribution is 2.29. The summed E-state index contributed by atoms with van der Waals surface area (Å²) in [7, 11) is 1.53. The van der Waals surface area contributed by atoms with Crippen molar-refractivity contribution < 1.29 is 23.8 Å². The van der Waals surface area contributed by atoms with Crippen LogP contribution in [0, 0.1) is 0 Å². The second kappa shape index (κ2) is 7.91. The van der Waals surface area contributed by atoms with Gasteiger partial charge in [0.1, 0.15) is 0 Å². The minimum atomic E-state index is -0.575. The SMILES string of the molecule is CCOc1cc(C(=O)OCC(=O)N2CCc3ccccc32)ccc1OC. The average molecular weight is 355 g/mol. The van der Waals surface area contributed by atoms with Gasteiger partial charge in [-0.05, 0) is 43.2 Å². The number of carbonyl (C=O) groups is 2. The monoisotopic (exact) mass is 355 g/mol. The van der Waals surface area contributed by atoms with Gasteiger partial charge >= 0.3 is 5.97 Å². The Morgan fingerprint density at radius 3 is 2.69 bits per heavy atom. The molecule has 0 saturated carbocycles. The molecule has 1 heterocycles. The molecule has 1 aliphatic heterocycles. The van der Waals surface area contributed by atoms with Crippen molar-refractivity contribution in [2.75, 3.05) is 31.8 Å². The van der Waals surface area contributed by atoms with E-state index in [-0.39, 0.29) is 12.5 Å². The number of amides is 1. The van der Waals surface area contributed by atoms with E-state index < -0.39 is 5.97 Å². The van der Waals surface area contributed by atoms with Crippen LogP contribution < -0.4 is 14.4 Å². The number of methoxy groups -OCH3 is 1. The third kappa shape index (κ3) is 3.64. The summed E-state index contributed by atoms with van der Waals surface area (Å²) in [6.07, 6.45) is 0.812. The van der Waals surface area contributed by atoms with Crippen molar-refractivity contribution in [3.63, 3.8) is 0 Å². The summed E-state index contributed by atoms with van der Waals surface area (Å²) < 4.78 is 15.8. The number of ether oxygens (including phenoxy) is 3.